The molecule has 2 amide bonds. The van der Waals surface area contributed by atoms with Gasteiger partial charge in [-0.05, 0) is 42.3 Å². The number of amides is 2. The van der Waals surface area contributed by atoms with Crippen LogP contribution in [0.5, 0.6) is 0 Å². The number of hydrogen-bond acceptors (Lipinski definition) is 2. The Bertz CT molecular complexity index is 720. The predicted molar refractivity (Wildman–Crippen MR) is 90.5 cm³/mol. The largest absolute Gasteiger partial charge is 0.323 e. The molecule has 0 radical (unpaired) electrons. The van der Waals surface area contributed by atoms with Gasteiger partial charge in [-0.25, -0.2) is 4.79 Å². The van der Waals surface area contributed by atoms with Gasteiger partial charge in [0.05, 0.1) is 11.6 Å². The van der Waals surface area contributed by atoms with E-state index in [0.717, 1.165) is 21.3 Å². The summed E-state index contributed by atoms with van der Waals surface area (Å²) in [5, 5.41) is 11.7. The maximum atomic E-state index is 12.3. The van der Waals surface area contributed by atoms with Gasteiger partial charge in [-0.3, -0.25) is 0 Å². The van der Waals surface area contributed by atoms with Crippen LogP contribution >= 0.6 is 15.9 Å². The Hall–Kier alpha value is -2.32. The molecule has 2 aromatic rings. The molecule has 0 aliphatic rings. The van der Waals surface area contributed by atoms with E-state index in [0.29, 0.717) is 12.1 Å². The lowest BCUT2D eigenvalue weighted by Gasteiger charge is -2.19. The first-order valence-electron chi connectivity index (χ1n) is 6.77. The number of urea groups is 1. The van der Waals surface area contributed by atoms with Crippen LogP contribution in [-0.4, -0.2) is 18.0 Å². The van der Waals surface area contributed by atoms with E-state index in [2.05, 4.69) is 27.3 Å². The van der Waals surface area contributed by atoms with Crippen molar-refractivity contribution in [2.75, 3.05) is 12.4 Å². The Labute approximate surface area is 138 Å². The summed E-state index contributed by atoms with van der Waals surface area (Å²) in [7, 11) is 1.74. The van der Waals surface area contributed by atoms with Crippen molar-refractivity contribution in [3.8, 4) is 6.07 Å². The van der Waals surface area contributed by atoms with Crippen molar-refractivity contribution in [3.05, 3.63) is 63.6 Å². The van der Waals surface area contributed by atoms with Crippen molar-refractivity contribution in [2.24, 2.45) is 0 Å². The number of halogens is 1. The fraction of sp³-hybridized carbons (Fsp3) is 0.176. The zero-order valence-corrected chi connectivity index (χ0v) is 14.0. The fourth-order valence-corrected chi connectivity index (χ4v) is 2.33. The Morgan fingerprint density at radius 3 is 2.59 bits per heavy atom. The molecule has 1 N–H and O–H groups in total. The molecule has 0 bridgehead atoms. The lowest BCUT2D eigenvalue weighted by Crippen LogP contribution is -2.31. The summed E-state index contributed by atoms with van der Waals surface area (Å²) in [6.45, 7) is 2.42. The van der Waals surface area contributed by atoms with Crippen molar-refractivity contribution in [3.63, 3.8) is 0 Å². The fourth-order valence-electron chi connectivity index (χ4n) is 1.97. The van der Waals surface area contributed by atoms with Gasteiger partial charge in [0.1, 0.15) is 0 Å². The summed E-state index contributed by atoms with van der Waals surface area (Å²) >= 11 is 3.40. The van der Waals surface area contributed by atoms with Crippen molar-refractivity contribution in [1.82, 2.24) is 4.90 Å². The number of nitrogens with zero attached hydrogens (tertiary/aromatic N) is 2. The van der Waals surface area contributed by atoms with Gasteiger partial charge in [0.15, 0.2) is 0 Å². The topological polar surface area (TPSA) is 56.1 Å². The van der Waals surface area contributed by atoms with Crippen LogP contribution in [0.1, 0.15) is 16.7 Å². The lowest BCUT2D eigenvalue weighted by molar-refractivity contribution is 0.220. The van der Waals surface area contributed by atoms with Crippen LogP contribution in [0, 0.1) is 18.3 Å². The summed E-state index contributed by atoms with van der Waals surface area (Å²) in [6.07, 6.45) is 0. The van der Waals surface area contributed by atoms with Gasteiger partial charge in [0.2, 0.25) is 0 Å². The van der Waals surface area contributed by atoms with Gasteiger partial charge in [0, 0.05) is 23.8 Å². The summed E-state index contributed by atoms with van der Waals surface area (Å²) in [4.78, 5) is 13.8. The predicted octanol–water partition coefficient (Wildman–Crippen LogP) is 4.29. The molecular formula is C17H16BrN3O. The van der Waals surface area contributed by atoms with Gasteiger partial charge < -0.3 is 10.2 Å². The molecule has 0 saturated heterocycles. The number of benzene rings is 2. The molecule has 4 nitrogen and oxygen atoms in total. The first-order valence-corrected chi connectivity index (χ1v) is 7.56. The maximum Gasteiger partial charge on any atom is 0.321 e. The number of aryl methyl sites for hydroxylation is 1. The molecule has 22 heavy (non-hydrogen) atoms. The Balaban J connectivity index is 2.02. The van der Waals surface area contributed by atoms with Gasteiger partial charge in [-0.2, -0.15) is 5.26 Å². The lowest BCUT2D eigenvalue weighted by atomic mass is 10.1. The minimum Gasteiger partial charge on any atom is -0.323 e. The van der Waals surface area contributed by atoms with E-state index in [9.17, 15) is 4.79 Å². The molecule has 0 aliphatic heterocycles. The van der Waals surface area contributed by atoms with Crippen molar-refractivity contribution < 1.29 is 4.79 Å². The third kappa shape index (κ3) is 4.09. The zero-order valence-electron chi connectivity index (χ0n) is 12.4. The highest BCUT2D eigenvalue weighted by Gasteiger charge is 2.11. The monoisotopic (exact) mass is 357 g/mol. The van der Waals surface area contributed by atoms with E-state index < -0.39 is 0 Å². The number of rotatable bonds is 3. The van der Waals surface area contributed by atoms with Crippen molar-refractivity contribution >= 4 is 27.6 Å². The van der Waals surface area contributed by atoms with E-state index >= 15 is 0 Å². The van der Waals surface area contributed by atoms with E-state index in [1.165, 1.54) is 0 Å². The van der Waals surface area contributed by atoms with Gasteiger partial charge >= 0.3 is 6.03 Å². The van der Waals surface area contributed by atoms with Crippen LogP contribution in [0.3, 0.4) is 0 Å². The van der Waals surface area contributed by atoms with Crippen LogP contribution in [0.2, 0.25) is 0 Å². The number of carbonyl (C=O) groups excluding carboxylic acids is 1. The van der Waals surface area contributed by atoms with Gasteiger partial charge in [-0.15, -0.1) is 0 Å². The molecule has 0 atom stereocenters. The van der Waals surface area contributed by atoms with Gasteiger partial charge in [-0.1, -0.05) is 34.1 Å². The number of nitriles is 1. The summed E-state index contributed by atoms with van der Waals surface area (Å²) in [5.74, 6) is 0. The molecule has 0 saturated carbocycles. The highest BCUT2D eigenvalue weighted by molar-refractivity contribution is 9.10. The van der Waals surface area contributed by atoms with E-state index in [-0.39, 0.29) is 6.03 Å². The second kappa shape index (κ2) is 7.10. The highest BCUT2D eigenvalue weighted by atomic mass is 79.9. The number of hydrogen-bond donors (Lipinski definition) is 1. The Kier molecular flexibility index (Phi) is 5.18. The Morgan fingerprint density at radius 2 is 1.95 bits per heavy atom. The minimum absolute atomic E-state index is 0.175. The van der Waals surface area contributed by atoms with Crippen LogP contribution in [0.15, 0.2) is 46.9 Å². The average molecular weight is 358 g/mol. The maximum absolute atomic E-state index is 12.3. The molecule has 0 fully saturated rings. The van der Waals surface area contributed by atoms with Crippen molar-refractivity contribution in [2.45, 2.75) is 13.5 Å². The zero-order chi connectivity index (χ0) is 16.1. The number of anilines is 1. The number of carbonyl (C=O) groups is 1. The third-order valence-electron chi connectivity index (χ3n) is 3.29. The molecule has 0 aliphatic carbocycles. The normalized spacial score (nSPS) is 9.91. The second-order valence-corrected chi connectivity index (χ2v) is 5.97. The van der Waals surface area contributed by atoms with Crippen LogP contribution in [-0.2, 0) is 6.54 Å². The molecule has 112 valence electrons. The molecule has 0 unspecified atom stereocenters. The summed E-state index contributed by atoms with van der Waals surface area (Å²) in [6, 6.07) is 14.9. The SMILES string of the molecule is Cc1ccc(Br)cc1NC(=O)N(C)Cc1ccc(C#N)cc1. The molecule has 2 aromatic carbocycles. The van der Waals surface area contributed by atoms with Crippen LogP contribution in [0.4, 0.5) is 10.5 Å². The Morgan fingerprint density at radius 1 is 1.27 bits per heavy atom. The molecule has 2 rings (SSSR count). The van der Waals surface area contributed by atoms with E-state index in [1.807, 2.05) is 37.3 Å². The van der Waals surface area contributed by atoms with Gasteiger partial charge in [0.25, 0.3) is 0 Å². The third-order valence-corrected chi connectivity index (χ3v) is 3.78. The molecule has 0 aromatic heterocycles. The highest BCUT2D eigenvalue weighted by Crippen LogP contribution is 2.21. The van der Waals surface area contributed by atoms with Crippen LogP contribution < -0.4 is 5.32 Å². The quantitative estimate of drug-likeness (QED) is 0.890. The van der Waals surface area contributed by atoms with E-state index in [4.69, 9.17) is 5.26 Å². The smallest absolute Gasteiger partial charge is 0.321 e. The number of nitrogens with one attached hydrogen (secondary N) is 1. The summed E-state index contributed by atoms with van der Waals surface area (Å²) in [5.41, 5.74) is 3.37. The average Bonchev–Trinajstić information content (AvgIpc) is 2.51. The standard InChI is InChI=1S/C17H16BrN3O/c1-12-3-8-15(18)9-16(12)20-17(22)21(2)11-14-6-4-13(10-19)5-7-14/h3-9H,11H2,1-2H3,(H,20,22). The molecular weight excluding hydrogens is 342 g/mol. The molecule has 0 spiro atoms. The second-order valence-electron chi connectivity index (χ2n) is 5.05. The molecule has 0 heterocycles. The van der Waals surface area contributed by atoms with E-state index in [1.54, 1.807) is 24.1 Å². The first kappa shape index (κ1) is 16.1. The summed E-state index contributed by atoms with van der Waals surface area (Å²) < 4.78 is 0.920. The van der Waals surface area contributed by atoms with Crippen LogP contribution in [0.25, 0.3) is 0 Å². The first-order chi connectivity index (χ1) is 10.5. The molecule has 5 heteroatoms. The van der Waals surface area contributed by atoms with Crippen molar-refractivity contribution in [1.29, 1.82) is 5.26 Å². The minimum atomic E-state index is -0.175.